The zero-order valence-electron chi connectivity index (χ0n) is 38.6. The number of nitrogens with one attached hydrogen (secondary N) is 2. The summed E-state index contributed by atoms with van der Waals surface area (Å²) in [4.78, 5) is 62.9. The molecule has 0 bridgehead atoms. The molecule has 70 heavy (non-hydrogen) atoms. The molecule has 0 aromatic heterocycles. The highest BCUT2D eigenvalue weighted by Crippen LogP contribution is 2.31. The van der Waals surface area contributed by atoms with E-state index >= 15 is 0 Å². The van der Waals surface area contributed by atoms with Crippen LogP contribution >= 0.6 is 0 Å². The molecule has 1 aliphatic heterocycles. The van der Waals surface area contributed by atoms with Gasteiger partial charge in [-0.25, -0.2) is 24.0 Å². The van der Waals surface area contributed by atoms with E-state index in [4.69, 9.17) is 28.4 Å². The molecular weight excluding hydrogens is 899 g/mol. The van der Waals surface area contributed by atoms with Crippen molar-refractivity contribution in [1.82, 2.24) is 15.5 Å². The highest BCUT2D eigenvalue weighted by Gasteiger charge is 2.26. The molecule has 6 aromatic carbocycles. The average molecular weight is 954 g/mol. The van der Waals surface area contributed by atoms with Gasteiger partial charge in [0.1, 0.15) is 38.5 Å². The number of carboxylic acid groups (broad SMARTS) is 1. The number of alkyl carbamates (subject to hydrolysis) is 2. The van der Waals surface area contributed by atoms with Crippen LogP contribution in [-0.4, -0.2) is 77.6 Å². The van der Waals surface area contributed by atoms with E-state index in [9.17, 15) is 34.2 Å². The third-order valence-electron chi connectivity index (χ3n) is 10.7. The molecule has 4 N–H and O–H groups in total. The maximum absolute atomic E-state index is 12.8. The smallest absolute Gasteiger partial charge is 0.415 e. The van der Waals surface area contributed by atoms with E-state index in [2.05, 4.69) is 10.6 Å². The van der Waals surface area contributed by atoms with Crippen LogP contribution in [0, 0.1) is 0 Å². The van der Waals surface area contributed by atoms with E-state index in [0.29, 0.717) is 36.6 Å². The van der Waals surface area contributed by atoms with Gasteiger partial charge < -0.3 is 54.2 Å². The molecule has 3 amide bonds. The monoisotopic (exact) mass is 953 g/mol. The standard InChI is InChI=1S/C30H32N2O7.C24H23NO6/c1-36-28(33)25(31-29(34)38-21-23-12-6-3-7-13-23)18-24-14-15-26(37-20-22-10-4-2-5-11-22)27(19-24)39-30(35)32-16-8-9-17-32;26-21-14-19(11-12-22(21)30-15-17-7-3-1-4-8-17)13-20(23(27)28)25-24(29)31-16-18-9-5-2-6-10-18/h2-7,10-15,19,25H,8-9,16-18,20-21H2,1H3,(H,31,34);1-12,14,20,26H,13,15-16H2,(H,25,29)(H,27,28)/t25-;20-/m00/s1. The Balaban J connectivity index is 0.000000236. The van der Waals surface area contributed by atoms with Crippen molar-refractivity contribution >= 4 is 30.2 Å². The normalized spacial score (nSPS) is 12.4. The van der Waals surface area contributed by atoms with Gasteiger partial charge in [-0.1, -0.05) is 133 Å². The van der Waals surface area contributed by atoms with Gasteiger partial charge in [-0.05, 0) is 70.5 Å². The first-order valence-electron chi connectivity index (χ1n) is 22.5. The summed E-state index contributed by atoms with van der Waals surface area (Å²) in [6, 6.07) is 44.9. The summed E-state index contributed by atoms with van der Waals surface area (Å²) in [5.41, 5.74) is 4.68. The number of carboxylic acids is 1. The van der Waals surface area contributed by atoms with Gasteiger partial charge in [0, 0.05) is 25.9 Å². The third kappa shape index (κ3) is 16.7. The van der Waals surface area contributed by atoms with E-state index in [0.717, 1.165) is 35.1 Å². The summed E-state index contributed by atoms with van der Waals surface area (Å²) in [7, 11) is 1.25. The first kappa shape index (κ1) is 50.9. The van der Waals surface area contributed by atoms with Gasteiger partial charge >= 0.3 is 30.2 Å². The molecule has 0 radical (unpaired) electrons. The molecule has 16 heteroatoms. The van der Waals surface area contributed by atoms with Crippen LogP contribution in [0.2, 0.25) is 0 Å². The number of esters is 1. The van der Waals surface area contributed by atoms with Crippen molar-refractivity contribution in [2.75, 3.05) is 20.2 Å². The minimum atomic E-state index is -1.21. The molecule has 7 rings (SSSR count). The minimum Gasteiger partial charge on any atom is -0.504 e. The molecule has 6 aromatic rings. The lowest BCUT2D eigenvalue weighted by Gasteiger charge is -2.19. The largest absolute Gasteiger partial charge is 0.504 e. The van der Waals surface area contributed by atoms with Gasteiger partial charge in [-0.3, -0.25) is 0 Å². The van der Waals surface area contributed by atoms with Crippen molar-refractivity contribution in [3.63, 3.8) is 0 Å². The van der Waals surface area contributed by atoms with Crippen LogP contribution in [-0.2, 0) is 63.1 Å². The van der Waals surface area contributed by atoms with E-state index in [1.54, 1.807) is 47.4 Å². The number of rotatable bonds is 19. The van der Waals surface area contributed by atoms with Crippen molar-refractivity contribution in [2.24, 2.45) is 0 Å². The van der Waals surface area contributed by atoms with Crippen molar-refractivity contribution in [3.8, 4) is 23.0 Å². The number of amides is 3. The zero-order chi connectivity index (χ0) is 49.5. The Labute approximate surface area is 405 Å². The van der Waals surface area contributed by atoms with E-state index < -0.39 is 42.3 Å². The number of hydrogen-bond donors (Lipinski definition) is 4. The second-order valence-corrected chi connectivity index (χ2v) is 16.0. The molecule has 0 aliphatic carbocycles. The number of aliphatic carboxylic acids is 1. The number of hydrogen-bond acceptors (Lipinski definition) is 12. The third-order valence-corrected chi connectivity index (χ3v) is 10.7. The van der Waals surface area contributed by atoms with Gasteiger partial charge in [-0.2, -0.15) is 0 Å². The number of methoxy groups -OCH3 is 1. The highest BCUT2D eigenvalue weighted by atomic mass is 16.6. The Kier molecular flexibility index (Phi) is 19.4. The second-order valence-electron chi connectivity index (χ2n) is 16.0. The predicted molar refractivity (Wildman–Crippen MR) is 257 cm³/mol. The maximum Gasteiger partial charge on any atom is 0.415 e. The van der Waals surface area contributed by atoms with Crippen molar-refractivity contribution < 1.29 is 62.6 Å². The van der Waals surface area contributed by atoms with Crippen molar-refractivity contribution in [1.29, 1.82) is 0 Å². The van der Waals surface area contributed by atoms with E-state index in [1.807, 2.05) is 109 Å². The van der Waals surface area contributed by atoms with Crippen LogP contribution in [0.15, 0.2) is 158 Å². The molecule has 1 saturated heterocycles. The number of likely N-dealkylation sites (tertiary alicyclic amines) is 1. The van der Waals surface area contributed by atoms with Crippen LogP contribution in [0.1, 0.15) is 46.2 Å². The van der Waals surface area contributed by atoms with Gasteiger partial charge in [0.05, 0.1) is 7.11 Å². The van der Waals surface area contributed by atoms with Crippen LogP contribution in [0.3, 0.4) is 0 Å². The van der Waals surface area contributed by atoms with Crippen LogP contribution in [0.5, 0.6) is 23.0 Å². The number of carbonyl (C=O) groups is 5. The number of carbonyl (C=O) groups excluding carboxylic acids is 4. The summed E-state index contributed by atoms with van der Waals surface area (Å²) >= 11 is 0. The number of phenols is 1. The molecule has 0 unspecified atom stereocenters. The van der Waals surface area contributed by atoms with Gasteiger partial charge in [0.25, 0.3) is 0 Å². The van der Waals surface area contributed by atoms with Gasteiger partial charge in [0.2, 0.25) is 0 Å². The molecular formula is C54H55N3O13. The topological polar surface area (TPSA) is 208 Å². The first-order chi connectivity index (χ1) is 34.0. The van der Waals surface area contributed by atoms with Crippen molar-refractivity contribution in [2.45, 2.75) is 64.2 Å². The summed E-state index contributed by atoms with van der Waals surface area (Å²) in [5.74, 6) is -1.04. The van der Waals surface area contributed by atoms with Gasteiger partial charge in [0.15, 0.2) is 23.0 Å². The Morgan fingerprint density at radius 3 is 1.43 bits per heavy atom. The lowest BCUT2D eigenvalue weighted by Crippen LogP contribution is -2.43. The Hall–Kier alpha value is -8.53. The van der Waals surface area contributed by atoms with Crippen molar-refractivity contribution in [3.05, 3.63) is 191 Å². The van der Waals surface area contributed by atoms with Gasteiger partial charge in [-0.15, -0.1) is 0 Å². The Bertz CT molecular complexity index is 2610. The summed E-state index contributed by atoms with van der Waals surface area (Å²) < 4.78 is 32.6. The number of ether oxygens (including phenoxy) is 6. The number of aromatic hydroxyl groups is 1. The number of benzene rings is 6. The first-order valence-corrected chi connectivity index (χ1v) is 22.5. The molecule has 0 spiro atoms. The fourth-order valence-corrected chi connectivity index (χ4v) is 7.04. The predicted octanol–water partition coefficient (Wildman–Crippen LogP) is 8.76. The average Bonchev–Trinajstić information content (AvgIpc) is 3.94. The van der Waals surface area contributed by atoms with Crippen LogP contribution < -0.4 is 24.8 Å². The lowest BCUT2D eigenvalue weighted by molar-refractivity contribution is -0.143. The maximum atomic E-state index is 12.8. The molecule has 364 valence electrons. The summed E-state index contributed by atoms with van der Waals surface area (Å²) in [5, 5.41) is 24.6. The molecule has 1 heterocycles. The zero-order valence-corrected chi connectivity index (χ0v) is 38.6. The fourth-order valence-electron chi connectivity index (χ4n) is 7.04. The molecule has 2 atom stereocenters. The van der Waals surface area contributed by atoms with E-state index in [1.165, 1.54) is 13.2 Å². The molecule has 1 aliphatic rings. The fraction of sp³-hybridized carbons (Fsp3) is 0.241. The quantitative estimate of drug-likeness (QED) is 0.0443. The van der Waals surface area contributed by atoms with E-state index in [-0.39, 0.29) is 49.9 Å². The Morgan fingerprint density at radius 1 is 0.529 bits per heavy atom. The van der Waals surface area contributed by atoms with Crippen LogP contribution in [0.25, 0.3) is 0 Å². The molecule has 1 fully saturated rings. The van der Waals surface area contributed by atoms with Crippen LogP contribution in [0.4, 0.5) is 14.4 Å². The summed E-state index contributed by atoms with van der Waals surface area (Å²) in [6.45, 7) is 1.95. The number of nitrogens with zero attached hydrogens (tertiary/aromatic N) is 1. The Morgan fingerprint density at radius 2 is 0.957 bits per heavy atom. The minimum absolute atomic E-state index is 0.0255. The molecule has 0 saturated carbocycles. The summed E-state index contributed by atoms with van der Waals surface area (Å²) in [6.07, 6.45) is -0.121. The SMILES string of the molecule is COC(=O)[C@H](Cc1ccc(OCc2ccccc2)c(OC(=O)N2CCCC2)c1)NC(=O)OCc1ccccc1.O=C(N[C@@H](Cc1ccc(OCc2ccccc2)c(O)c1)C(=O)O)OCc1ccccc1. The highest BCUT2D eigenvalue weighted by molar-refractivity contribution is 5.82. The number of phenolic OH excluding ortho intramolecular Hbond substituents is 1. The second kappa shape index (κ2) is 26.7. The molecule has 16 nitrogen and oxygen atoms in total. The lowest BCUT2D eigenvalue weighted by atomic mass is 10.1.